The number of rotatable bonds is 5. The third-order valence-corrected chi connectivity index (χ3v) is 3.26. The Morgan fingerprint density at radius 2 is 2.00 bits per heavy atom. The molecule has 0 fully saturated rings. The normalized spacial score (nSPS) is 11.3. The number of para-hydroxylation sites is 1. The van der Waals surface area contributed by atoms with Crippen molar-refractivity contribution in [3.63, 3.8) is 0 Å². The van der Waals surface area contributed by atoms with Crippen molar-refractivity contribution >= 4 is 11.6 Å². The topological polar surface area (TPSA) is 64.0 Å². The lowest BCUT2D eigenvalue weighted by molar-refractivity contribution is -0.137. The largest absolute Gasteiger partial charge is 0.418 e. The number of aryl methyl sites for hydroxylation is 1. The number of benzene rings is 1. The molecule has 0 aliphatic carbocycles. The van der Waals surface area contributed by atoms with Crippen LogP contribution in [0, 0.1) is 0 Å². The first-order valence-electron chi connectivity index (χ1n) is 7.32. The molecule has 1 heterocycles. The minimum absolute atomic E-state index is 0.349. The Morgan fingerprint density at radius 3 is 2.62 bits per heavy atom. The van der Waals surface area contributed by atoms with E-state index in [0.717, 1.165) is 23.1 Å². The molecule has 0 aliphatic heterocycles. The predicted octanol–water partition coefficient (Wildman–Crippen LogP) is 2.85. The third-order valence-electron chi connectivity index (χ3n) is 3.26. The molecule has 0 saturated carbocycles. The van der Waals surface area contributed by atoms with Gasteiger partial charge in [0.25, 0.3) is 5.56 Å². The van der Waals surface area contributed by atoms with Crippen LogP contribution in [0.5, 0.6) is 0 Å². The highest BCUT2D eigenvalue weighted by molar-refractivity contribution is 5.91. The van der Waals surface area contributed by atoms with Gasteiger partial charge in [0.15, 0.2) is 0 Å². The maximum absolute atomic E-state index is 12.9. The third kappa shape index (κ3) is 4.43. The van der Waals surface area contributed by atoms with E-state index in [2.05, 4.69) is 10.3 Å². The zero-order valence-electron chi connectivity index (χ0n) is 12.9. The number of anilines is 1. The smallest absolute Gasteiger partial charge is 0.324 e. The van der Waals surface area contributed by atoms with Gasteiger partial charge in [-0.3, -0.25) is 14.2 Å². The maximum Gasteiger partial charge on any atom is 0.418 e. The predicted molar refractivity (Wildman–Crippen MR) is 82.6 cm³/mol. The fourth-order valence-corrected chi connectivity index (χ4v) is 2.16. The number of alkyl halides is 3. The molecule has 0 saturated heterocycles. The van der Waals surface area contributed by atoms with Crippen LogP contribution < -0.4 is 10.9 Å². The van der Waals surface area contributed by atoms with E-state index in [0.29, 0.717) is 12.1 Å². The van der Waals surface area contributed by atoms with Gasteiger partial charge in [-0.15, -0.1) is 0 Å². The summed E-state index contributed by atoms with van der Waals surface area (Å²) in [6, 6.07) is 5.98. The average molecular weight is 339 g/mol. The lowest BCUT2D eigenvalue weighted by Crippen LogP contribution is -2.28. The quantitative estimate of drug-likeness (QED) is 0.911. The van der Waals surface area contributed by atoms with Crippen LogP contribution >= 0.6 is 0 Å². The number of nitrogens with one attached hydrogen (secondary N) is 1. The molecular formula is C16H16F3N3O2. The second-order valence-corrected chi connectivity index (χ2v) is 5.19. The summed E-state index contributed by atoms with van der Waals surface area (Å²) in [5, 5.41) is 2.19. The lowest BCUT2D eigenvalue weighted by Gasteiger charge is -2.14. The molecule has 24 heavy (non-hydrogen) atoms. The fraction of sp³-hybridized carbons (Fsp3) is 0.312. The average Bonchev–Trinajstić information content (AvgIpc) is 2.50. The van der Waals surface area contributed by atoms with Crippen LogP contribution in [0.3, 0.4) is 0 Å². The Morgan fingerprint density at radius 1 is 1.29 bits per heavy atom. The molecule has 0 spiro atoms. The molecule has 0 aliphatic rings. The second kappa shape index (κ2) is 7.29. The van der Waals surface area contributed by atoms with E-state index in [9.17, 15) is 22.8 Å². The number of nitrogens with zero attached hydrogens (tertiary/aromatic N) is 2. The van der Waals surface area contributed by atoms with Gasteiger partial charge in [-0.25, -0.2) is 4.98 Å². The lowest BCUT2D eigenvalue weighted by atomic mass is 10.1. The summed E-state index contributed by atoms with van der Waals surface area (Å²) in [6.45, 7) is 1.53. The number of hydrogen-bond donors (Lipinski definition) is 1. The molecule has 0 atom stereocenters. The number of carbonyl (C=O) groups is 1. The summed E-state index contributed by atoms with van der Waals surface area (Å²) in [5.74, 6) is -0.737. The Bertz CT molecular complexity index is 785. The summed E-state index contributed by atoms with van der Waals surface area (Å²) >= 11 is 0. The van der Waals surface area contributed by atoms with Crippen LogP contribution in [0.4, 0.5) is 18.9 Å². The molecule has 1 N–H and O–H groups in total. The van der Waals surface area contributed by atoms with Crippen LogP contribution in [-0.4, -0.2) is 15.5 Å². The minimum Gasteiger partial charge on any atom is -0.324 e. The summed E-state index contributed by atoms with van der Waals surface area (Å²) in [4.78, 5) is 27.9. The molecule has 8 heteroatoms. The molecule has 0 unspecified atom stereocenters. The van der Waals surface area contributed by atoms with E-state index in [1.54, 1.807) is 0 Å². The zero-order chi connectivity index (χ0) is 17.7. The van der Waals surface area contributed by atoms with E-state index < -0.39 is 29.8 Å². The van der Waals surface area contributed by atoms with E-state index in [-0.39, 0.29) is 5.69 Å². The summed E-state index contributed by atoms with van der Waals surface area (Å²) in [6.07, 6.45) is -1.89. The highest BCUT2D eigenvalue weighted by Crippen LogP contribution is 2.34. The maximum atomic E-state index is 12.9. The van der Waals surface area contributed by atoms with Gasteiger partial charge >= 0.3 is 6.18 Å². The van der Waals surface area contributed by atoms with Crippen LogP contribution in [0.25, 0.3) is 0 Å². The minimum atomic E-state index is -4.58. The van der Waals surface area contributed by atoms with Crippen molar-refractivity contribution in [3.8, 4) is 0 Å². The van der Waals surface area contributed by atoms with Crippen molar-refractivity contribution < 1.29 is 18.0 Å². The Hall–Kier alpha value is -2.64. The number of amides is 1. The molecular weight excluding hydrogens is 323 g/mol. The molecule has 2 aromatic rings. The monoisotopic (exact) mass is 339 g/mol. The van der Waals surface area contributed by atoms with E-state index >= 15 is 0 Å². The summed E-state index contributed by atoms with van der Waals surface area (Å²) in [7, 11) is 0. The van der Waals surface area contributed by atoms with Gasteiger partial charge in [0, 0.05) is 11.8 Å². The van der Waals surface area contributed by atoms with Crippen molar-refractivity contribution in [2.45, 2.75) is 32.5 Å². The van der Waals surface area contributed by atoms with Gasteiger partial charge < -0.3 is 5.32 Å². The van der Waals surface area contributed by atoms with Crippen molar-refractivity contribution in [2.75, 3.05) is 5.32 Å². The molecule has 1 aromatic heterocycles. The first kappa shape index (κ1) is 17.7. The number of carbonyl (C=O) groups excluding carboxylic acids is 1. The van der Waals surface area contributed by atoms with E-state index in [1.807, 2.05) is 6.92 Å². The SMILES string of the molecule is CCCc1cc(=O)n(CC(=O)Nc2ccccc2C(F)(F)F)cn1. The Kier molecular flexibility index (Phi) is 5.38. The van der Waals surface area contributed by atoms with Crippen LogP contribution in [-0.2, 0) is 23.9 Å². The number of aromatic nitrogens is 2. The number of halogens is 3. The van der Waals surface area contributed by atoms with Gasteiger partial charge in [-0.05, 0) is 18.6 Å². The van der Waals surface area contributed by atoms with Crippen LogP contribution in [0.15, 0.2) is 41.5 Å². The van der Waals surface area contributed by atoms with Gasteiger partial charge in [0.2, 0.25) is 5.91 Å². The first-order valence-corrected chi connectivity index (χ1v) is 7.32. The summed E-state index contributed by atoms with van der Waals surface area (Å²) in [5.41, 5.74) is -1.10. The second-order valence-electron chi connectivity index (χ2n) is 5.19. The molecule has 1 aromatic carbocycles. The zero-order valence-corrected chi connectivity index (χ0v) is 12.9. The molecule has 1 amide bonds. The van der Waals surface area contributed by atoms with Crippen LogP contribution in [0.1, 0.15) is 24.6 Å². The standard InChI is InChI=1S/C16H16F3N3O2/c1-2-5-11-8-15(24)22(10-20-11)9-14(23)21-13-7-4-3-6-12(13)16(17,18)19/h3-4,6-8,10H,2,5,9H2,1H3,(H,21,23). The van der Waals surface area contributed by atoms with Crippen molar-refractivity contribution in [1.82, 2.24) is 9.55 Å². The molecule has 0 radical (unpaired) electrons. The molecule has 0 bridgehead atoms. The van der Waals surface area contributed by atoms with Crippen molar-refractivity contribution in [3.05, 3.63) is 58.3 Å². The van der Waals surface area contributed by atoms with Gasteiger partial charge in [0.05, 0.1) is 17.6 Å². The summed E-state index contributed by atoms with van der Waals surface area (Å²) < 4.78 is 39.7. The number of hydrogen-bond acceptors (Lipinski definition) is 3. The van der Waals surface area contributed by atoms with Gasteiger partial charge in [0.1, 0.15) is 6.54 Å². The Balaban J connectivity index is 2.14. The molecule has 2 rings (SSSR count). The highest BCUT2D eigenvalue weighted by Gasteiger charge is 2.33. The van der Waals surface area contributed by atoms with Crippen molar-refractivity contribution in [2.24, 2.45) is 0 Å². The van der Waals surface area contributed by atoms with E-state index in [1.165, 1.54) is 24.5 Å². The highest BCUT2D eigenvalue weighted by atomic mass is 19.4. The van der Waals surface area contributed by atoms with E-state index in [4.69, 9.17) is 0 Å². The van der Waals surface area contributed by atoms with Gasteiger partial charge in [-0.2, -0.15) is 13.2 Å². The van der Waals surface area contributed by atoms with Crippen molar-refractivity contribution in [1.29, 1.82) is 0 Å². The molecule has 128 valence electrons. The fourth-order valence-electron chi connectivity index (χ4n) is 2.16. The van der Waals surface area contributed by atoms with Crippen LogP contribution in [0.2, 0.25) is 0 Å². The van der Waals surface area contributed by atoms with Gasteiger partial charge in [-0.1, -0.05) is 25.5 Å². The molecule has 5 nitrogen and oxygen atoms in total. The Labute approximate surface area is 136 Å². The first-order chi connectivity index (χ1) is 11.3.